The van der Waals surface area contributed by atoms with Crippen molar-refractivity contribution in [2.45, 2.75) is 6.92 Å². The van der Waals surface area contributed by atoms with E-state index in [2.05, 4.69) is 10.5 Å². The Morgan fingerprint density at radius 2 is 2.05 bits per heavy atom. The number of benzene rings is 2. The maximum atomic E-state index is 11.9. The summed E-state index contributed by atoms with van der Waals surface area (Å²) >= 11 is 5.95. The number of halogens is 1. The van der Waals surface area contributed by atoms with E-state index in [1.165, 1.54) is 24.4 Å². The van der Waals surface area contributed by atoms with Crippen LogP contribution < -0.4 is 5.43 Å². The second kappa shape index (κ2) is 6.82. The molecule has 1 amide bonds. The Hall–Kier alpha value is -2.73. The Bertz CT molecular complexity index is 759. The number of nitro groups is 1. The highest BCUT2D eigenvalue weighted by atomic mass is 35.5. The van der Waals surface area contributed by atoms with Crippen molar-refractivity contribution >= 4 is 29.4 Å². The fourth-order valence-corrected chi connectivity index (χ4v) is 1.94. The minimum Gasteiger partial charge on any atom is -0.267 e. The minimum absolute atomic E-state index is 0.109. The highest BCUT2D eigenvalue weighted by Crippen LogP contribution is 2.19. The van der Waals surface area contributed by atoms with E-state index >= 15 is 0 Å². The number of aryl methyl sites for hydroxylation is 1. The van der Waals surface area contributed by atoms with E-state index in [0.29, 0.717) is 16.1 Å². The zero-order valence-corrected chi connectivity index (χ0v) is 12.4. The number of nitro benzene ring substituents is 1. The predicted octanol–water partition coefficient (Wildman–Crippen LogP) is 3.32. The summed E-state index contributed by atoms with van der Waals surface area (Å²) in [5.41, 5.74) is 3.50. The van der Waals surface area contributed by atoms with E-state index in [1.54, 1.807) is 31.2 Å². The van der Waals surface area contributed by atoms with Gasteiger partial charge in [-0.15, -0.1) is 0 Å². The van der Waals surface area contributed by atoms with E-state index < -0.39 is 10.8 Å². The number of hydrazone groups is 1. The maximum absolute atomic E-state index is 11.9. The summed E-state index contributed by atoms with van der Waals surface area (Å²) in [7, 11) is 0. The normalized spacial score (nSPS) is 10.6. The topological polar surface area (TPSA) is 84.6 Å². The Labute approximate surface area is 131 Å². The van der Waals surface area contributed by atoms with Crippen LogP contribution in [0.25, 0.3) is 0 Å². The van der Waals surface area contributed by atoms with Gasteiger partial charge in [-0.3, -0.25) is 14.9 Å². The molecule has 0 atom stereocenters. The molecule has 0 aliphatic carbocycles. The zero-order chi connectivity index (χ0) is 16.1. The van der Waals surface area contributed by atoms with Crippen molar-refractivity contribution in [3.63, 3.8) is 0 Å². The first kappa shape index (κ1) is 15.7. The molecular formula is C15H12ClN3O3. The van der Waals surface area contributed by atoms with Gasteiger partial charge in [0.2, 0.25) is 0 Å². The molecule has 2 aromatic rings. The van der Waals surface area contributed by atoms with Gasteiger partial charge in [-0.25, -0.2) is 5.43 Å². The Morgan fingerprint density at radius 1 is 1.32 bits per heavy atom. The smallest absolute Gasteiger partial charge is 0.267 e. The first-order valence-electron chi connectivity index (χ1n) is 6.32. The molecule has 0 spiro atoms. The number of nitrogens with one attached hydrogen (secondary N) is 1. The molecule has 0 unspecified atom stereocenters. The fraction of sp³-hybridized carbons (Fsp3) is 0.0667. The van der Waals surface area contributed by atoms with Gasteiger partial charge in [0, 0.05) is 27.8 Å². The number of carbonyl (C=O) groups is 1. The van der Waals surface area contributed by atoms with Crippen LogP contribution in [0.15, 0.2) is 47.6 Å². The fourth-order valence-electron chi connectivity index (χ4n) is 1.75. The molecule has 7 heteroatoms. The molecule has 0 aromatic heterocycles. The van der Waals surface area contributed by atoms with E-state index in [-0.39, 0.29) is 11.3 Å². The van der Waals surface area contributed by atoms with E-state index in [1.807, 2.05) is 0 Å². The largest absolute Gasteiger partial charge is 0.273 e. The van der Waals surface area contributed by atoms with Crippen LogP contribution in [-0.2, 0) is 0 Å². The van der Waals surface area contributed by atoms with Crippen molar-refractivity contribution in [1.82, 2.24) is 5.43 Å². The first-order valence-corrected chi connectivity index (χ1v) is 6.70. The Morgan fingerprint density at radius 3 is 2.73 bits per heavy atom. The third-order valence-electron chi connectivity index (χ3n) is 2.94. The van der Waals surface area contributed by atoms with Crippen LogP contribution in [0.2, 0.25) is 5.02 Å². The van der Waals surface area contributed by atoms with Crippen LogP contribution in [-0.4, -0.2) is 17.0 Å². The summed E-state index contributed by atoms with van der Waals surface area (Å²) < 4.78 is 0. The van der Waals surface area contributed by atoms with Gasteiger partial charge < -0.3 is 0 Å². The molecule has 6 nitrogen and oxygen atoms in total. The lowest BCUT2D eigenvalue weighted by atomic mass is 10.1. The molecule has 0 aliphatic rings. The van der Waals surface area contributed by atoms with Crippen molar-refractivity contribution in [1.29, 1.82) is 0 Å². The van der Waals surface area contributed by atoms with E-state index in [0.717, 1.165) is 0 Å². The summed E-state index contributed by atoms with van der Waals surface area (Å²) in [5, 5.41) is 15.2. The van der Waals surface area contributed by atoms with Crippen molar-refractivity contribution in [2.24, 2.45) is 5.10 Å². The van der Waals surface area contributed by atoms with Crippen molar-refractivity contribution < 1.29 is 9.72 Å². The number of nitrogens with zero attached hydrogens (tertiary/aromatic N) is 2. The maximum Gasteiger partial charge on any atom is 0.273 e. The van der Waals surface area contributed by atoms with Gasteiger partial charge in [0.1, 0.15) is 0 Å². The van der Waals surface area contributed by atoms with Crippen LogP contribution in [0, 0.1) is 17.0 Å². The molecule has 2 aromatic carbocycles. The van der Waals surface area contributed by atoms with Gasteiger partial charge in [-0.2, -0.15) is 5.10 Å². The molecule has 0 heterocycles. The highest BCUT2D eigenvalue weighted by Gasteiger charge is 2.14. The van der Waals surface area contributed by atoms with Gasteiger partial charge in [0.15, 0.2) is 0 Å². The lowest BCUT2D eigenvalue weighted by molar-refractivity contribution is -0.385. The molecular weight excluding hydrogens is 306 g/mol. The van der Waals surface area contributed by atoms with Crippen LogP contribution in [0.1, 0.15) is 21.5 Å². The van der Waals surface area contributed by atoms with Crippen molar-refractivity contribution in [3.8, 4) is 0 Å². The van der Waals surface area contributed by atoms with Gasteiger partial charge >= 0.3 is 0 Å². The lowest BCUT2D eigenvalue weighted by Gasteiger charge is -2.02. The highest BCUT2D eigenvalue weighted by molar-refractivity contribution is 6.33. The summed E-state index contributed by atoms with van der Waals surface area (Å²) in [5.74, 6) is -0.536. The molecule has 112 valence electrons. The van der Waals surface area contributed by atoms with Crippen LogP contribution >= 0.6 is 11.6 Å². The summed E-state index contributed by atoms with van der Waals surface area (Å²) in [6.45, 7) is 1.61. The first-order chi connectivity index (χ1) is 10.5. The van der Waals surface area contributed by atoms with Gasteiger partial charge in [-0.1, -0.05) is 35.9 Å². The third kappa shape index (κ3) is 3.67. The quantitative estimate of drug-likeness (QED) is 0.533. The predicted molar refractivity (Wildman–Crippen MR) is 84.3 cm³/mol. The molecule has 0 saturated carbocycles. The van der Waals surface area contributed by atoms with Crippen molar-refractivity contribution in [2.75, 3.05) is 0 Å². The molecule has 0 bridgehead atoms. The van der Waals surface area contributed by atoms with E-state index in [4.69, 9.17) is 11.6 Å². The second-order valence-corrected chi connectivity index (χ2v) is 4.89. The molecule has 0 fully saturated rings. The third-order valence-corrected chi connectivity index (χ3v) is 3.29. The molecule has 2 rings (SSSR count). The van der Waals surface area contributed by atoms with Gasteiger partial charge in [0.05, 0.1) is 11.1 Å². The Kier molecular flexibility index (Phi) is 4.85. The average molecular weight is 318 g/mol. The number of carbonyl (C=O) groups excluding carboxylic acids is 1. The average Bonchev–Trinajstić information content (AvgIpc) is 2.49. The SMILES string of the molecule is Cc1ccc(C(=O)N/N=C/c2ccccc2Cl)cc1[N+](=O)[O-]. The van der Waals surface area contributed by atoms with Gasteiger partial charge in [-0.05, 0) is 19.1 Å². The summed E-state index contributed by atoms with van der Waals surface area (Å²) in [4.78, 5) is 22.3. The van der Waals surface area contributed by atoms with Gasteiger partial charge in [0.25, 0.3) is 11.6 Å². The zero-order valence-electron chi connectivity index (χ0n) is 11.6. The number of rotatable bonds is 4. The lowest BCUT2D eigenvalue weighted by Crippen LogP contribution is -2.17. The number of hydrogen-bond acceptors (Lipinski definition) is 4. The van der Waals surface area contributed by atoms with Crippen LogP contribution in [0.5, 0.6) is 0 Å². The number of hydrogen-bond donors (Lipinski definition) is 1. The second-order valence-electron chi connectivity index (χ2n) is 4.48. The molecule has 22 heavy (non-hydrogen) atoms. The molecule has 0 aliphatic heterocycles. The Balaban J connectivity index is 2.12. The monoisotopic (exact) mass is 317 g/mol. The standard InChI is InChI=1S/C15H12ClN3O3/c1-10-6-7-11(8-14(10)19(21)22)15(20)18-17-9-12-4-2-3-5-13(12)16/h2-9H,1H3,(H,18,20)/b17-9+. The molecule has 0 saturated heterocycles. The van der Waals surface area contributed by atoms with Crippen molar-refractivity contribution in [3.05, 3.63) is 74.3 Å². The summed E-state index contributed by atoms with van der Waals surface area (Å²) in [6.07, 6.45) is 1.41. The van der Waals surface area contributed by atoms with Crippen LogP contribution in [0.4, 0.5) is 5.69 Å². The van der Waals surface area contributed by atoms with E-state index in [9.17, 15) is 14.9 Å². The molecule has 1 N–H and O–H groups in total. The van der Waals surface area contributed by atoms with Crippen LogP contribution in [0.3, 0.4) is 0 Å². The minimum atomic E-state index is -0.536. The molecule has 0 radical (unpaired) electrons. The summed E-state index contributed by atoms with van der Waals surface area (Å²) in [6, 6.07) is 11.3. The number of amides is 1.